The molecule has 0 radical (unpaired) electrons. The maximum absolute atomic E-state index is 12.6. The van der Waals surface area contributed by atoms with Crippen LogP contribution in [0.1, 0.15) is 52.0 Å². The number of anilines is 1. The van der Waals surface area contributed by atoms with Crippen molar-refractivity contribution < 1.29 is 23.9 Å². The van der Waals surface area contributed by atoms with Crippen molar-refractivity contribution in [2.24, 2.45) is 10.7 Å². The van der Waals surface area contributed by atoms with Gasteiger partial charge in [0.2, 0.25) is 11.8 Å². The Morgan fingerprint density at radius 1 is 1.06 bits per heavy atom. The number of carbonyl (C=O) groups is 4. The van der Waals surface area contributed by atoms with E-state index in [1.54, 1.807) is 42.5 Å². The number of carbonyl (C=O) groups excluding carboxylic acids is 4. The topological polar surface area (TPSA) is 131 Å². The summed E-state index contributed by atoms with van der Waals surface area (Å²) in [6.07, 6.45) is 3.34. The van der Waals surface area contributed by atoms with Crippen LogP contribution in [0.15, 0.2) is 53.5 Å². The first kappa shape index (κ1) is 24.5. The first-order valence-corrected chi connectivity index (χ1v) is 12.3. The van der Waals surface area contributed by atoms with Crippen LogP contribution in [0.5, 0.6) is 0 Å². The van der Waals surface area contributed by atoms with Gasteiger partial charge in [-0.25, -0.2) is 4.79 Å². The fourth-order valence-electron chi connectivity index (χ4n) is 3.88. The summed E-state index contributed by atoms with van der Waals surface area (Å²) in [7, 11) is 0. The lowest BCUT2D eigenvalue weighted by Gasteiger charge is -2.27. The molecule has 1 fully saturated rings. The summed E-state index contributed by atoms with van der Waals surface area (Å²) >= 11 is 1.34. The van der Waals surface area contributed by atoms with Gasteiger partial charge in [0.1, 0.15) is 11.9 Å². The van der Waals surface area contributed by atoms with Crippen LogP contribution in [0.4, 0.5) is 5.69 Å². The van der Waals surface area contributed by atoms with E-state index >= 15 is 0 Å². The molecule has 3 N–H and O–H groups in total. The minimum absolute atomic E-state index is 0.00474. The SMILES string of the molecule is NC(=O)c1cccc(COC(=O)c2cccc(NC(=O)CC3SC(N4CCCCC4)=NC3=O)c2)c1. The molecule has 0 bridgehead atoms. The van der Waals surface area contributed by atoms with Gasteiger partial charge in [0.25, 0.3) is 5.91 Å². The van der Waals surface area contributed by atoms with Crippen molar-refractivity contribution in [3.05, 3.63) is 65.2 Å². The van der Waals surface area contributed by atoms with Gasteiger partial charge >= 0.3 is 5.97 Å². The molecule has 0 aromatic heterocycles. The molecule has 0 saturated carbocycles. The first-order chi connectivity index (χ1) is 16.9. The molecule has 3 amide bonds. The lowest BCUT2D eigenvalue weighted by Crippen LogP contribution is -2.33. The zero-order chi connectivity index (χ0) is 24.8. The predicted molar refractivity (Wildman–Crippen MR) is 133 cm³/mol. The second kappa shape index (κ2) is 11.2. The van der Waals surface area contributed by atoms with Crippen LogP contribution in [-0.2, 0) is 20.9 Å². The summed E-state index contributed by atoms with van der Waals surface area (Å²) < 4.78 is 5.33. The van der Waals surface area contributed by atoms with Crippen molar-refractivity contribution in [3.8, 4) is 0 Å². The van der Waals surface area contributed by atoms with Gasteiger partial charge in [-0.15, -0.1) is 0 Å². The van der Waals surface area contributed by atoms with Crippen LogP contribution >= 0.6 is 11.8 Å². The highest BCUT2D eigenvalue weighted by Gasteiger charge is 2.33. The molecule has 1 unspecified atom stereocenters. The van der Waals surface area contributed by atoms with Crippen LogP contribution in [0.25, 0.3) is 0 Å². The highest BCUT2D eigenvalue weighted by atomic mass is 32.2. The number of amidine groups is 1. The van der Waals surface area contributed by atoms with Crippen molar-refractivity contribution in [2.45, 2.75) is 37.5 Å². The third-order valence-corrected chi connectivity index (χ3v) is 6.90. The van der Waals surface area contributed by atoms with E-state index in [1.807, 2.05) is 0 Å². The van der Waals surface area contributed by atoms with E-state index in [9.17, 15) is 19.2 Å². The van der Waals surface area contributed by atoms with Gasteiger partial charge in [-0.3, -0.25) is 14.4 Å². The number of piperidine rings is 1. The van der Waals surface area contributed by atoms with E-state index in [0.717, 1.165) is 25.9 Å². The smallest absolute Gasteiger partial charge is 0.338 e. The molecule has 2 heterocycles. The number of benzene rings is 2. The van der Waals surface area contributed by atoms with Gasteiger partial charge < -0.3 is 20.7 Å². The number of esters is 1. The van der Waals surface area contributed by atoms with Crippen LogP contribution in [-0.4, -0.2) is 52.1 Å². The Kier molecular flexibility index (Phi) is 7.81. The molecule has 2 aliphatic rings. The normalized spacial score (nSPS) is 17.6. The summed E-state index contributed by atoms with van der Waals surface area (Å²) in [6, 6.07) is 12.9. The number of amides is 3. The van der Waals surface area contributed by atoms with Crippen molar-refractivity contribution in [1.82, 2.24) is 4.90 Å². The molecule has 2 aliphatic heterocycles. The van der Waals surface area contributed by atoms with Crippen LogP contribution in [0.3, 0.4) is 0 Å². The first-order valence-electron chi connectivity index (χ1n) is 11.4. The second-order valence-corrected chi connectivity index (χ2v) is 9.53. The van der Waals surface area contributed by atoms with Crippen molar-refractivity contribution in [3.63, 3.8) is 0 Å². The number of nitrogens with two attached hydrogens (primary N) is 1. The summed E-state index contributed by atoms with van der Waals surface area (Å²) in [5.41, 5.74) is 6.92. The molecule has 35 heavy (non-hydrogen) atoms. The summed E-state index contributed by atoms with van der Waals surface area (Å²) in [4.78, 5) is 54.9. The molecule has 182 valence electrons. The zero-order valence-corrected chi connectivity index (χ0v) is 19.9. The number of thioether (sulfide) groups is 1. The Bertz CT molecular complexity index is 1180. The molecule has 2 aromatic rings. The Hall–Kier alpha value is -3.66. The number of primary amides is 1. The van der Waals surface area contributed by atoms with Gasteiger partial charge in [0.15, 0.2) is 5.17 Å². The van der Waals surface area contributed by atoms with Crippen LogP contribution in [0.2, 0.25) is 0 Å². The van der Waals surface area contributed by atoms with E-state index in [0.29, 0.717) is 22.0 Å². The Morgan fingerprint density at radius 3 is 2.57 bits per heavy atom. The standard InChI is InChI=1S/C25H26N4O5S/c26-22(31)17-7-4-6-16(12-17)15-34-24(33)18-8-5-9-19(13-18)27-21(30)14-20-23(32)28-25(35-20)29-10-2-1-3-11-29/h4-9,12-13,20H,1-3,10-11,14-15H2,(H2,26,31)(H,27,30). The highest BCUT2D eigenvalue weighted by Crippen LogP contribution is 2.29. The zero-order valence-electron chi connectivity index (χ0n) is 19.1. The monoisotopic (exact) mass is 494 g/mol. The Morgan fingerprint density at radius 2 is 1.80 bits per heavy atom. The van der Waals surface area contributed by atoms with Gasteiger partial charge in [-0.2, -0.15) is 4.99 Å². The maximum Gasteiger partial charge on any atom is 0.338 e. The molecule has 0 spiro atoms. The molecule has 1 saturated heterocycles. The van der Waals surface area contributed by atoms with E-state index in [2.05, 4.69) is 15.2 Å². The number of rotatable bonds is 7. The number of hydrogen-bond donors (Lipinski definition) is 2. The maximum atomic E-state index is 12.6. The van der Waals surface area contributed by atoms with Crippen LogP contribution < -0.4 is 11.1 Å². The summed E-state index contributed by atoms with van der Waals surface area (Å²) in [6.45, 7) is 1.74. The third-order valence-electron chi connectivity index (χ3n) is 5.69. The molecule has 0 aliphatic carbocycles. The third kappa shape index (κ3) is 6.48. The van der Waals surface area contributed by atoms with Gasteiger partial charge in [-0.05, 0) is 55.2 Å². The number of aliphatic imine (C=N–C) groups is 1. The van der Waals surface area contributed by atoms with E-state index in [4.69, 9.17) is 10.5 Å². The average molecular weight is 495 g/mol. The minimum Gasteiger partial charge on any atom is -0.457 e. The minimum atomic E-state index is -0.577. The summed E-state index contributed by atoms with van der Waals surface area (Å²) in [5.74, 6) is -1.76. The second-order valence-electron chi connectivity index (χ2n) is 8.36. The molecule has 10 heteroatoms. The van der Waals surface area contributed by atoms with Gasteiger partial charge in [0, 0.05) is 30.8 Å². The number of ether oxygens (including phenoxy) is 1. The lowest BCUT2D eigenvalue weighted by atomic mass is 10.1. The fourth-order valence-corrected chi connectivity index (χ4v) is 5.00. The fraction of sp³-hybridized carbons (Fsp3) is 0.320. The van der Waals surface area contributed by atoms with Crippen molar-refractivity contribution in [2.75, 3.05) is 18.4 Å². The molecule has 9 nitrogen and oxygen atoms in total. The largest absolute Gasteiger partial charge is 0.457 e. The average Bonchev–Trinajstić information content (AvgIpc) is 3.23. The number of nitrogens with zero attached hydrogens (tertiary/aromatic N) is 2. The number of hydrogen-bond acceptors (Lipinski definition) is 7. The van der Waals surface area contributed by atoms with Gasteiger partial charge in [0.05, 0.1) is 5.56 Å². The van der Waals surface area contributed by atoms with Crippen LogP contribution in [0, 0.1) is 0 Å². The molecular formula is C25H26N4O5S. The number of likely N-dealkylation sites (tertiary alicyclic amines) is 1. The molecule has 4 rings (SSSR count). The lowest BCUT2D eigenvalue weighted by molar-refractivity contribution is -0.121. The molecular weight excluding hydrogens is 468 g/mol. The summed E-state index contributed by atoms with van der Waals surface area (Å²) in [5, 5.41) is 2.91. The Balaban J connectivity index is 1.29. The Labute approximate surface area is 207 Å². The number of nitrogens with one attached hydrogen (secondary N) is 1. The predicted octanol–water partition coefficient (Wildman–Crippen LogP) is 2.96. The van der Waals surface area contributed by atoms with E-state index < -0.39 is 17.1 Å². The molecule has 1 atom stereocenters. The van der Waals surface area contributed by atoms with Gasteiger partial charge in [-0.1, -0.05) is 30.0 Å². The van der Waals surface area contributed by atoms with E-state index in [-0.39, 0.29) is 30.4 Å². The quantitative estimate of drug-likeness (QED) is 0.566. The van der Waals surface area contributed by atoms with Crippen molar-refractivity contribution in [1.29, 1.82) is 0 Å². The van der Waals surface area contributed by atoms with Crippen molar-refractivity contribution >= 4 is 46.3 Å². The molecule has 2 aromatic carbocycles. The highest BCUT2D eigenvalue weighted by molar-refractivity contribution is 8.15. The van der Waals surface area contributed by atoms with E-state index in [1.165, 1.54) is 24.2 Å².